The van der Waals surface area contributed by atoms with Gasteiger partial charge in [0, 0.05) is 37.9 Å². The third kappa shape index (κ3) is 5.00. The summed E-state index contributed by atoms with van der Waals surface area (Å²) < 4.78 is 28.0. The molecular formula is C20H25F2N7OS. The van der Waals surface area contributed by atoms with Gasteiger partial charge in [0.15, 0.2) is 5.69 Å². The molecule has 1 aromatic heterocycles. The maximum Gasteiger partial charge on any atom is 0.277 e. The van der Waals surface area contributed by atoms with Crippen LogP contribution in [0.15, 0.2) is 41.2 Å². The quantitative estimate of drug-likeness (QED) is 0.416. The number of nitrogens with zero attached hydrogens (tertiary/aromatic N) is 3. The van der Waals surface area contributed by atoms with Crippen molar-refractivity contribution in [3.63, 3.8) is 0 Å². The molecule has 1 aromatic carbocycles. The summed E-state index contributed by atoms with van der Waals surface area (Å²) in [7, 11) is 1.55. The highest BCUT2D eigenvalue weighted by Gasteiger charge is 2.27. The average molecular weight is 450 g/mol. The van der Waals surface area contributed by atoms with Gasteiger partial charge in [-0.25, -0.2) is 13.8 Å². The van der Waals surface area contributed by atoms with Crippen molar-refractivity contribution in [1.82, 2.24) is 15.2 Å². The number of carbonyl (C=O) groups excluding carboxylic acids is 1. The third-order valence-electron chi connectivity index (χ3n) is 5.01. The summed E-state index contributed by atoms with van der Waals surface area (Å²) in [6.45, 7) is 0.850. The number of thiazole rings is 1. The van der Waals surface area contributed by atoms with Gasteiger partial charge in [0.1, 0.15) is 27.8 Å². The van der Waals surface area contributed by atoms with E-state index in [0.717, 1.165) is 11.3 Å². The highest BCUT2D eigenvalue weighted by Crippen LogP contribution is 2.31. The Morgan fingerprint density at radius 2 is 2.06 bits per heavy atom. The number of nitrogens with two attached hydrogens (primary N) is 3. The SMILES string of the molecule is CN=C(/C(=C\N)NC(=O)c1nc(-c2ccccc2F)sc1N)N1CCC(N)C(F)CC1. The van der Waals surface area contributed by atoms with E-state index in [2.05, 4.69) is 15.3 Å². The summed E-state index contributed by atoms with van der Waals surface area (Å²) in [6.07, 6.45) is 0.793. The van der Waals surface area contributed by atoms with Gasteiger partial charge in [-0.15, -0.1) is 0 Å². The number of likely N-dealkylation sites (tertiary alicyclic amines) is 1. The summed E-state index contributed by atoms with van der Waals surface area (Å²) in [5.41, 5.74) is 18.0. The van der Waals surface area contributed by atoms with E-state index in [4.69, 9.17) is 17.2 Å². The first kappa shape index (κ1) is 22.6. The summed E-state index contributed by atoms with van der Waals surface area (Å²) in [4.78, 5) is 23.1. The smallest absolute Gasteiger partial charge is 0.277 e. The summed E-state index contributed by atoms with van der Waals surface area (Å²) in [5, 5.41) is 3.10. The summed E-state index contributed by atoms with van der Waals surface area (Å²) >= 11 is 1.01. The van der Waals surface area contributed by atoms with Crippen LogP contribution in [0.3, 0.4) is 0 Å². The van der Waals surface area contributed by atoms with Crippen LogP contribution in [0, 0.1) is 5.82 Å². The molecule has 7 N–H and O–H groups in total. The predicted octanol–water partition coefficient (Wildman–Crippen LogP) is 1.85. The van der Waals surface area contributed by atoms with Gasteiger partial charge in [-0.3, -0.25) is 9.79 Å². The van der Waals surface area contributed by atoms with Gasteiger partial charge in [-0.1, -0.05) is 23.5 Å². The number of aliphatic imine (C=N–C) groups is 1. The Morgan fingerprint density at radius 1 is 1.35 bits per heavy atom. The van der Waals surface area contributed by atoms with Gasteiger partial charge < -0.3 is 27.4 Å². The Morgan fingerprint density at radius 3 is 2.74 bits per heavy atom. The number of halogens is 2. The van der Waals surface area contributed by atoms with Crippen molar-refractivity contribution in [2.24, 2.45) is 16.5 Å². The molecule has 2 heterocycles. The zero-order valence-electron chi connectivity index (χ0n) is 17.0. The maximum atomic E-state index is 14.1. The standard InChI is InChI=1S/C20H25F2N7OS/c1-26-18(29-8-6-13(22)14(24)7-9-29)15(10-23)27-19(30)16-17(25)31-20(28-16)11-4-2-3-5-12(11)21/h2-5,10,13-14H,6-9,23-25H2,1H3,(H,27,30)/b15-10+,26-18?. The number of hydrogen-bond donors (Lipinski definition) is 4. The van der Waals surface area contributed by atoms with Crippen LogP contribution in [-0.2, 0) is 0 Å². The van der Waals surface area contributed by atoms with Crippen LogP contribution in [0.5, 0.6) is 0 Å². The van der Waals surface area contributed by atoms with E-state index >= 15 is 0 Å². The summed E-state index contributed by atoms with van der Waals surface area (Å²) in [6, 6.07) is 5.55. The molecular weight excluding hydrogens is 424 g/mol. The van der Waals surface area contributed by atoms with E-state index in [-0.39, 0.29) is 28.4 Å². The first-order chi connectivity index (χ1) is 14.8. The van der Waals surface area contributed by atoms with Gasteiger partial charge in [-0.2, -0.15) is 0 Å². The lowest BCUT2D eigenvalue weighted by atomic mass is 10.1. The molecule has 0 radical (unpaired) electrons. The van der Waals surface area contributed by atoms with Crippen LogP contribution in [0.25, 0.3) is 10.6 Å². The molecule has 0 spiro atoms. The number of alkyl halides is 1. The third-order valence-corrected chi connectivity index (χ3v) is 5.93. The van der Waals surface area contributed by atoms with E-state index in [9.17, 15) is 13.6 Å². The second-order valence-corrected chi connectivity index (χ2v) is 8.07. The van der Waals surface area contributed by atoms with Crippen LogP contribution < -0.4 is 22.5 Å². The van der Waals surface area contributed by atoms with E-state index in [0.29, 0.717) is 30.4 Å². The van der Waals surface area contributed by atoms with Crippen LogP contribution in [0.1, 0.15) is 23.3 Å². The van der Waals surface area contributed by atoms with Crippen molar-refractivity contribution >= 4 is 28.1 Å². The second kappa shape index (κ2) is 9.84. The highest BCUT2D eigenvalue weighted by atomic mass is 32.1. The number of hydrogen-bond acceptors (Lipinski definition) is 7. The van der Waals surface area contributed by atoms with Crippen molar-refractivity contribution in [2.45, 2.75) is 25.1 Å². The molecule has 166 valence electrons. The molecule has 0 aliphatic carbocycles. The minimum absolute atomic E-state index is 0.0419. The highest BCUT2D eigenvalue weighted by molar-refractivity contribution is 7.19. The van der Waals surface area contributed by atoms with Crippen LogP contribution in [-0.4, -0.2) is 54.0 Å². The molecule has 0 bridgehead atoms. The zero-order chi connectivity index (χ0) is 22.5. The molecule has 1 aliphatic heterocycles. The number of benzene rings is 1. The maximum absolute atomic E-state index is 14.1. The molecule has 11 heteroatoms. The van der Waals surface area contributed by atoms with Crippen LogP contribution in [0.2, 0.25) is 0 Å². The van der Waals surface area contributed by atoms with Gasteiger partial charge in [0.25, 0.3) is 5.91 Å². The molecule has 2 aromatic rings. The largest absolute Gasteiger partial charge is 0.403 e. The molecule has 1 saturated heterocycles. The lowest BCUT2D eigenvalue weighted by Crippen LogP contribution is -2.40. The molecule has 1 amide bonds. The number of carbonyl (C=O) groups is 1. The summed E-state index contributed by atoms with van der Waals surface area (Å²) in [5.74, 6) is -0.666. The molecule has 1 fully saturated rings. The van der Waals surface area contributed by atoms with Crippen molar-refractivity contribution in [1.29, 1.82) is 0 Å². The van der Waals surface area contributed by atoms with E-state index in [1.165, 1.54) is 12.3 Å². The van der Waals surface area contributed by atoms with E-state index in [1.807, 2.05) is 4.90 Å². The molecule has 31 heavy (non-hydrogen) atoms. The Hall–Kier alpha value is -3.05. The average Bonchev–Trinajstić information content (AvgIpc) is 3.07. The Labute approximate surface area is 182 Å². The van der Waals surface area contributed by atoms with Crippen molar-refractivity contribution < 1.29 is 13.6 Å². The lowest BCUT2D eigenvalue weighted by Gasteiger charge is -2.25. The minimum Gasteiger partial charge on any atom is -0.403 e. The Balaban J connectivity index is 1.79. The molecule has 2 atom stereocenters. The molecule has 1 aliphatic rings. The molecule has 2 unspecified atom stereocenters. The van der Waals surface area contributed by atoms with E-state index in [1.54, 1.807) is 25.2 Å². The van der Waals surface area contributed by atoms with Crippen molar-refractivity contribution in [3.05, 3.63) is 47.7 Å². The first-order valence-electron chi connectivity index (χ1n) is 9.71. The number of nitrogens with one attached hydrogen (secondary N) is 1. The number of amidine groups is 1. The number of aromatic nitrogens is 1. The van der Waals surface area contributed by atoms with Crippen LogP contribution >= 0.6 is 11.3 Å². The molecule has 0 saturated carbocycles. The second-order valence-electron chi connectivity index (χ2n) is 7.04. The number of amides is 1. The fourth-order valence-corrected chi connectivity index (χ4v) is 4.19. The Bertz CT molecular complexity index is 995. The first-order valence-corrected chi connectivity index (χ1v) is 10.5. The van der Waals surface area contributed by atoms with Gasteiger partial charge in [-0.05, 0) is 25.0 Å². The van der Waals surface area contributed by atoms with Crippen LogP contribution in [0.4, 0.5) is 13.8 Å². The normalized spacial score (nSPS) is 20.5. The minimum atomic E-state index is -1.10. The van der Waals surface area contributed by atoms with Gasteiger partial charge >= 0.3 is 0 Å². The number of anilines is 1. The fraction of sp³-hybridized carbons (Fsp3) is 0.350. The molecule has 3 rings (SSSR count). The lowest BCUT2D eigenvalue weighted by molar-refractivity contribution is 0.0964. The Kier molecular flexibility index (Phi) is 7.18. The zero-order valence-corrected chi connectivity index (χ0v) is 17.8. The fourth-order valence-electron chi connectivity index (χ4n) is 3.33. The number of rotatable bonds is 4. The topological polar surface area (TPSA) is 136 Å². The van der Waals surface area contributed by atoms with Gasteiger partial charge in [0.05, 0.1) is 5.70 Å². The van der Waals surface area contributed by atoms with Gasteiger partial charge in [0.2, 0.25) is 0 Å². The monoisotopic (exact) mass is 449 g/mol. The number of nitrogen functional groups attached to an aromatic ring is 1. The van der Waals surface area contributed by atoms with Crippen molar-refractivity contribution in [3.8, 4) is 10.6 Å². The molecule has 8 nitrogen and oxygen atoms in total. The van der Waals surface area contributed by atoms with E-state index < -0.39 is 23.9 Å². The van der Waals surface area contributed by atoms with Crippen molar-refractivity contribution in [2.75, 3.05) is 25.9 Å². The predicted molar refractivity (Wildman–Crippen MR) is 119 cm³/mol.